The molecule has 0 aliphatic carbocycles. The molecule has 0 aromatic carbocycles. The van der Waals surface area contributed by atoms with E-state index in [9.17, 15) is 18.0 Å². The van der Waals surface area contributed by atoms with Crippen LogP contribution in [-0.4, -0.2) is 64.6 Å². The molecule has 0 aromatic heterocycles. The fourth-order valence-corrected chi connectivity index (χ4v) is 4.34. The Kier molecular flexibility index (Phi) is 9.22. The first-order valence-electron chi connectivity index (χ1n) is 10.2. The number of aliphatic hydroxyl groups is 2. The van der Waals surface area contributed by atoms with Crippen LogP contribution in [0.1, 0.15) is 66.2 Å². The summed E-state index contributed by atoms with van der Waals surface area (Å²) in [6.45, 7) is 9.42. The van der Waals surface area contributed by atoms with Gasteiger partial charge in [-0.05, 0) is 84.6 Å². The number of hydrogen-bond acceptors (Lipinski definition) is 4. The second-order valence-electron chi connectivity index (χ2n) is 9.36. The number of amides is 1. The van der Waals surface area contributed by atoms with Crippen molar-refractivity contribution in [2.45, 2.75) is 83.5 Å². The summed E-state index contributed by atoms with van der Waals surface area (Å²) in [6, 6.07) is 0. The predicted octanol–water partition coefficient (Wildman–Crippen LogP) is 3.10. The molecule has 0 saturated carbocycles. The average Bonchev–Trinajstić information content (AvgIpc) is 3.08. The third-order valence-corrected chi connectivity index (χ3v) is 5.66. The molecule has 8 heteroatoms. The first-order chi connectivity index (χ1) is 12.8. The Morgan fingerprint density at radius 3 is 2.00 bits per heavy atom. The van der Waals surface area contributed by atoms with E-state index in [1.165, 1.54) is 12.8 Å². The van der Waals surface area contributed by atoms with Crippen molar-refractivity contribution in [2.75, 3.05) is 26.3 Å². The maximum Gasteiger partial charge on any atom is 0.471 e. The van der Waals surface area contributed by atoms with Crippen LogP contribution in [0.3, 0.4) is 0 Å². The number of aliphatic hydroxyl groups excluding tert-OH is 2. The standard InChI is InChI=1S/C11H18F3NO2.C9H19NO/c1-10(2)6-8(4-3-5-16)7-15(10)9(17)11(12,13)14;1-9(2)6-8(7-10-9)4-3-5-11/h8,16H,3-7H2,1-2H3;8,10-11H,3-7H2,1-2H3/t2*8-/m00/s1. The Bertz CT molecular complexity index is 496. The second kappa shape index (κ2) is 10.3. The molecule has 166 valence electrons. The van der Waals surface area contributed by atoms with Gasteiger partial charge in [0.05, 0.1) is 0 Å². The quantitative estimate of drug-likeness (QED) is 0.629. The monoisotopic (exact) mass is 410 g/mol. The van der Waals surface area contributed by atoms with Crippen molar-refractivity contribution < 1.29 is 28.2 Å². The van der Waals surface area contributed by atoms with Crippen LogP contribution < -0.4 is 5.32 Å². The van der Waals surface area contributed by atoms with Crippen LogP contribution in [0.25, 0.3) is 0 Å². The maximum absolute atomic E-state index is 12.4. The third kappa shape index (κ3) is 7.87. The minimum atomic E-state index is -4.80. The van der Waals surface area contributed by atoms with Crippen molar-refractivity contribution in [3.63, 3.8) is 0 Å². The van der Waals surface area contributed by atoms with Crippen LogP contribution in [0.15, 0.2) is 0 Å². The van der Waals surface area contributed by atoms with Crippen molar-refractivity contribution in [2.24, 2.45) is 11.8 Å². The Labute approximate surface area is 166 Å². The van der Waals surface area contributed by atoms with E-state index in [-0.39, 0.29) is 19.1 Å². The first kappa shape index (κ1) is 25.2. The Morgan fingerprint density at radius 2 is 1.57 bits per heavy atom. The van der Waals surface area contributed by atoms with Gasteiger partial charge < -0.3 is 20.4 Å². The van der Waals surface area contributed by atoms with E-state index in [1.54, 1.807) is 13.8 Å². The van der Waals surface area contributed by atoms with Gasteiger partial charge in [-0.2, -0.15) is 13.2 Å². The number of nitrogens with one attached hydrogen (secondary N) is 1. The van der Waals surface area contributed by atoms with E-state index in [0.29, 0.717) is 31.4 Å². The molecule has 2 atom stereocenters. The molecular formula is C20H37F3N2O3. The van der Waals surface area contributed by atoms with Gasteiger partial charge in [0.25, 0.3) is 0 Å². The van der Waals surface area contributed by atoms with Gasteiger partial charge in [0.15, 0.2) is 0 Å². The molecule has 2 saturated heterocycles. The molecule has 28 heavy (non-hydrogen) atoms. The Balaban J connectivity index is 0.000000307. The summed E-state index contributed by atoms with van der Waals surface area (Å²) in [6.07, 6.45) is 0.358. The summed E-state index contributed by atoms with van der Waals surface area (Å²) in [5, 5.41) is 20.8. The maximum atomic E-state index is 12.4. The van der Waals surface area contributed by atoms with Gasteiger partial charge in [-0.1, -0.05) is 0 Å². The van der Waals surface area contributed by atoms with E-state index >= 15 is 0 Å². The highest BCUT2D eigenvalue weighted by Gasteiger charge is 2.50. The molecule has 2 rings (SSSR count). The molecule has 5 nitrogen and oxygen atoms in total. The van der Waals surface area contributed by atoms with E-state index in [1.807, 2.05) is 0 Å². The molecule has 0 unspecified atom stereocenters. The van der Waals surface area contributed by atoms with Crippen LogP contribution in [0.4, 0.5) is 13.2 Å². The number of carbonyl (C=O) groups excluding carboxylic acids is 1. The largest absolute Gasteiger partial charge is 0.471 e. The molecule has 0 radical (unpaired) electrons. The summed E-state index contributed by atoms with van der Waals surface area (Å²) in [7, 11) is 0. The van der Waals surface area contributed by atoms with Crippen LogP contribution in [0.5, 0.6) is 0 Å². The Morgan fingerprint density at radius 1 is 1.04 bits per heavy atom. The minimum absolute atomic E-state index is 0.0319. The number of alkyl halides is 3. The van der Waals surface area contributed by atoms with Gasteiger partial charge in [0.2, 0.25) is 0 Å². The van der Waals surface area contributed by atoms with Gasteiger partial charge in [0, 0.05) is 30.8 Å². The summed E-state index contributed by atoms with van der Waals surface area (Å²) >= 11 is 0. The normalized spacial score (nSPS) is 26.1. The lowest BCUT2D eigenvalue weighted by Crippen LogP contribution is -2.48. The van der Waals surface area contributed by atoms with Crippen molar-refractivity contribution in [3.05, 3.63) is 0 Å². The van der Waals surface area contributed by atoms with E-state index < -0.39 is 17.6 Å². The second-order valence-corrected chi connectivity index (χ2v) is 9.36. The third-order valence-electron chi connectivity index (χ3n) is 5.66. The highest BCUT2D eigenvalue weighted by atomic mass is 19.4. The van der Waals surface area contributed by atoms with Gasteiger partial charge in [-0.3, -0.25) is 4.79 Å². The first-order valence-corrected chi connectivity index (χ1v) is 10.2. The molecule has 3 N–H and O–H groups in total. The van der Waals surface area contributed by atoms with Crippen molar-refractivity contribution in [3.8, 4) is 0 Å². The van der Waals surface area contributed by atoms with Crippen LogP contribution >= 0.6 is 0 Å². The van der Waals surface area contributed by atoms with Crippen LogP contribution in [0.2, 0.25) is 0 Å². The van der Waals surface area contributed by atoms with Crippen LogP contribution in [0, 0.1) is 11.8 Å². The predicted molar refractivity (Wildman–Crippen MR) is 103 cm³/mol. The van der Waals surface area contributed by atoms with Gasteiger partial charge in [0.1, 0.15) is 0 Å². The summed E-state index contributed by atoms with van der Waals surface area (Å²) in [5.74, 6) is -0.922. The number of halogens is 3. The fraction of sp³-hybridized carbons (Fsp3) is 0.950. The number of likely N-dealkylation sites (tertiary alicyclic amines) is 1. The summed E-state index contributed by atoms with van der Waals surface area (Å²) < 4.78 is 37.2. The Hall–Kier alpha value is -0.860. The molecule has 0 bridgehead atoms. The molecule has 1 amide bonds. The topological polar surface area (TPSA) is 72.8 Å². The van der Waals surface area contributed by atoms with E-state index in [4.69, 9.17) is 10.2 Å². The van der Waals surface area contributed by atoms with Crippen LogP contribution in [-0.2, 0) is 4.79 Å². The smallest absolute Gasteiger partial charge is 0.396 e. The number of carbonyl (C=O) groups is 1. The van der Waals surface area contributed by atoms with Crippen molar-refractivity contribution >= 4 is 5.91 Å². The SMILES string of the molecule is CC1(C)C[C@H](CCCO)CN1.CC1(C)C[C@H](CCCO)CN1C(=O)C(F)(F)F. The lowest BCUT2D eigenvalue weighted by Gasteiger charge is -2.31. The average molecular weight is 411 g/mol. The molecule has 0 spiro atoms. The highest BCUT2D eigenvalue weighted by Crippen LogP contribution is 2.37. The minimum Gasteiger partial charge on any atom is -0.396 e. The molecule has 2 heterocycles. The fourth-order valence-electron chi connectivity index (χ4n) is 4.34. The summed E-state index contributed by atoms with van der Waals surface area (Å²) in [5.41, 5.74) is -0.424. The molecule has 0 aromatic rings. The lowest BCUT2D eigenvalue weighted by molar-refractivity contribution is -0.188. The van der Waals surface area contributed by atoms with Gasteiger partial charge in [-0.25, -0.2) is 0 Å². The highest BCUT2D eigenvalue weighted by molar-refractivity contribution is 5.82. The van der Waals surface area contributed by atoms with E-state index in [0.717, 1.165) is 23.8 Å². The zero-order valence-electron chi connectivity index (χ0n) is 17.6. The number of rotatable bonds is 6. The summed E-state index contributed by atoms with van der Waals surface area (Å²) in [4.78, 5) is 12.2. The molecule has 2 aliphatic rings. The van der Waals surface area contributed by atoms with Crippen molar-refractivity contribution in [1.29, 1.82) is 0 Å². The number of hydrogen-bond donors (Lipinski definition) is 3. The van der Waals surface area contributed by atoms with E-state index in [2.05, 4.69) is 19.2 Å². The zero-order valence-corrected chi connectivity index (χ0v) is 17.6. The molecule has 2 fully saturated rings. The van der Waals surface area contributed by atoms with Gasteiger partial charge in [-0.15, -0.1) is 0 Å². The zero-order chi connectivity index (χ0) is 21.6. The number of nitrogens with zero attached hydrogens (tertiary/aromatic N) is 1. The van der Waals surface area contributed by atoms with Crippen molar-refractivity contribution in [1.82, 2.24) is 10.2 Å². The molecule has 2 aliphatic heterocycles. The lowest BCUT2D eigenvalue weighted by atomic mass is 9.93. The molecular weight excluding hydrogens is 373 g/mol. The van der Waals surface area contributed by atoms with Gasteiger partial charge >= 0.3 is 12.1 Å².